The Labute approximate surface area is 152 Å². The van der Waals surface area contributed by atoms with E-state index in [9.17, 15) is 4.79 Å². The van der Waals surface area contributed by atoms with Crippen LogP contribution in [0.4, 0.5) is 0 Å². The van der Waals surface area contributed by atoms with Crippen molar-refractivity contribution in [1.82, 2.24) is 5.43 Å². The number of hydrogen-bond donors (Lipinski definition) is 1. The SMILES string of the molecule is CC(/C=C/C=C/c1ccccc1)=N\NC(=O)[C@H]1COc2ccccc2O1. The molecule has 0 fully saturated rings. The van der Waals surface area contributed by atoms with E-state index in [1.165, 1.54) is 0 Å². The first-order chi connectivity index (χ1) is 12.7. The lowest BCUT2D eigenvalue weighted by Crippen LogP contribution is -2.42. The maximum absolute atomic E-state index is 12.2. The first kappa shape index (κ1) is 17.5. The highest BCUT2D eigenvalue weighted by Crippen LogP contribution is 2.30. The second-order valence-corrected chi connectivity index (χ2v) is 5.72. The molecule has 5 heteroatoms. The highest BCUT2D eigenvalue weighted by molar-refractivity contribution is 5.94. The number of carbonyl (C=O) groups is 1. The molecule has 0 spiro atoms. The number of nitrogens with one attached hydrogen (secondary N) is 1. The quantitative estimate of drug-likeness (QED) is 0.510. The van der Waals surface area contributed by atoms with Crippen LogP contribution < -0.4 is 14.9 Å². The highest BCUT2D eigenvalue weighted by atomic mass is 16.6. The summed E-state index contributed by atoms with van der Waals surface area (Å²) in [4.78, 5) is 12.2. The van der Waals surface area contributed by atoms with Crippen molar-refractivity contribution in [3.8, 4) is 11.5 Å². The number of allylic oxidation sites excluding steroid dienone is 3. The molecule has 0 bridgehead atoms. The van der Waals surface area contributed by atoms with Gasteiger partial charge in [-0.3, -0.25) is 4.79 Å². The fourth-order valence-electron chi connectivity index (χ4n) is 2.33. The smallest absolute Gasteiger partial charge is 0.284 e. The summed E-state index contributed by atoms with van der Waals surface area (Å²) >= 11 is 0. The Morgan fingerprint density at radius 3 is 2.62 bits per heavy atom. The standard InChI is InChI=1S/C21H20N2O3/c1-16(9-5-6-12-17-10-3-2-4-11-17)22-23-21(24)20-15-25-18-13-7-8-14-19(18)26-20/h2-14,20H,15H2,1H3,(H,23,24)/b9-5+,12-6+,22-16+/t20-/m1/s1. The molecule has 0 aliphatic carbocycles. The number of benzene rings is 2. The predicted molar refractivity (Wildman–Crippen MR) is 102 cm³/mol. The van der Waals surface area contributed by atoms with Crippen LogP contribution in [0, 0.1) is 0 Å². The normalized spacial score (nSPS) is 16.8. The summed E-state index contributed by atoms with van der Waals surface area (Å²) in [5, 5.41) is 4.06. The van der Waals surface area contributed by atoms with Crippen molar-refractivity contribution in [3.63, 3.8) is 0 Å². The molecule has 1 atom stereocenters. The van der Waals surface area contributed by atoms with Crippen LogP contribution in [0.1, 0.15) is 12.5 Å². The third-order valence-corrected chi connectivity index (χ3v) is 3.68. The lowest BCUT2D eigenvalue weighted by atomic mass is 10.2. The number of nitrogens with zero attached hydrogens (tertiary/aromatic N) is 1. The molecule has 3 rings (SSSR count). The van der Waals surface area contributed by atoms with Gasteiger partial charge in [-0.25, -0.2) is 5.43 Å². The first-order valence-corrected chi connectivity index (χ1v) is 8.35. The molecule has 1 aliphatic rings. The lowest BCUT2D eigenvalue weighted by molar-refractivity contribution is -0.130. The second kappa shape index (κ2) is 8.67. The van der Waals surface area contributed by atoms with Crippen molar-refractivity contribution in [1.29, 1.82) is 0 Å². The number of amides is 1. The average Bonchev–Trinajstić information content (AvgIpc) is 2.70. The van der Waals surface area contributed by atoms with E-state index in [0.29, 0.717) is 17.2 Å². The van der Waals surface area contributed by atoms with Gasteiger partial charge >= 0.3 is 0 Å². The Bertz CT molecular complexity index is 841. The van der Waals surface area contributed by atoms with Crippen LogP contribution in [0.15, 0.2) is 77.9 Å². The molecule has 2 aromatic carbocycles. The van der Waals surface area contributed by atoms with Gasteiger partial charge in [0.2, 0.25) is 6.10 Å². The molecule has 0 saturated heterocycles. The minimum Gasteiger partial charge on any atom is -0.485 e. The average molecular weight is 348 g/mol. The molecule has 0 aromatic heterocycles. The van der Waals surface area contributed by atoms with E-state index < -0.39 is 6.10 Å². The fraction of sp³-hybridized carbons (Fsp3) is 0.143. The second-order valence-electron chi connectivity index (χ2n) is 5.72. The molecular formula is C21H20N2O3. The molecule has 26 heavy (non-hydrogen) atoms. The minimum absolute atomic E-state index is 0.160. The number of carbonyl (C=O) groups excluding carboxylic acids is 1. The van der Waals surface area contributed by atoms with E-state index in [0.717, 1.165) is 5.56 Å². The van der Waals surface area contributed by atoms with Gasteiger partial charge in [0.15, 0.2) is 11.5 Å². The van der Waals surface area contributed by atoms with Crippen LogP contribution in [0.25, 0.3) is 6.08 Å². The van der Waals surface area contributed by atoms with Crippen molar-refractivity contribution in [2.24, 2.45) is 5.10 Å². The number of rotatable bonds is 5. The largest absolute Gasteiger partial charge is 0.485 e. The van der Waals surface area contributed by atoms with Gasteiger partial charge in [-0.15, -0.1) is 0 Å². The molecular weight excluding hydrogens is 328 g/mol. The Balaban J connectivity index is 1.50. The van der Waals surface area contributed by atoms with Crippen LogP contribution in [-0.4, -0.2) is 24.3 Å². The summed E-state index contributed by atoms with van der Waals surface area (Å²) in [5.74, 6) is 0.863. The zero-order valence-corrected chi connectivity index (χ0v) is 14.5. The molecule has 1 N–H and O–H groups in total. The summed E-state index contributed by atoms with van der Waals surface area (Å²) in [7, 11) is 0. The molecule has 132 valence electrons. The van der Waals surface area contributed by atoms with E-state index in [2.05, 4.69) is 10.5 Å². The van der Waals surface area contributed by atoms with Gasteiger partial charge in [0, 0.05) is 0 Å². The van der Waals surface area contributed by atoms with E-state index >= 15 is 0 Å². The topological polar surface area (TPSA) is 59.9 Å². The van der Waals surface area contributed by atoms with Crippen molar-refractivity contribution in [2.45, 2.75) is 13.0 Å². The molecule has 0 unspecified atom stereocenters. The van der Waals surface area contributed by atoms with Crippen molar-refractivity contribution in [2.75, 3.05) is 6.61 Å². The van der Waals surface area contributed by atoms with Crippen LogP contribution in [-0.2, 0) is 4.79 Å². The first-order valence-electron chi connectivity index (χ1n) is 8.35. The number of para-hydroxylation sites is 2. The molecule has 5 nitrogen and oxygen atoms in total. The summed E-state index contributed by atoms with van der Waals surface area (Å²) < 4.78 is 11.2. The van der Waals surface area contributed by atoms with Gasteiger partial charge in [0.05, 0.1) is 5.71 Å². The van der Waals surface area contributed by atoms with Crippen LogP contribution >= 0.6 is 0 Å². The molecule has 1 heterocycles. The maximum atomic E-state index is 12.2. The monoisotopic (exact) mass is 348 g/mol. The summed E-state index contributed by atoms with van der Waals surface area (Å²) in [5.41, 5.74) is 4.30. The lowest BCUT2D eigenvalue weighted by Gasteiger charge is -2.24. The Hall–Kier alpha value is -3.34. The van der Waals surface area contributed by atoms with Crippen molar-refractivity contribution in [3.05, 3.63) is 78.4 Å². The van der Waals surface area contributed by atoms with Crippen LogP contribution in [0.2, 0.25) is 0 Å². The van der Waals surface area contributed by atoms with Crippen molar-refractivity contribution >= 4 is 17.7 Å². The molecule has 1 aliphatic heterocycles. The number of hydrazone groups is 1. The summed E-state index contributed by atoms with van der Waals surface area (Å²) in [6.07, 6.45) is 6.88. The maximum Gasteiger partial charge on any atom is 0.284 e. The predicted octanol–water partition coefficient (Wildman–Crippen LogP) is 3.59. The van der Waals surface area contributed by atoms with E-state index in [-0.39, 0.29) is 12.5 Å². The summed E-state index contributed by atoms with van der Waals surface area (Å²) in [6, 6.07) is 17.3. The Morgan fingerprint density at radius 1 is 1.08 bits per heavy atom. The van der Waals surface area contributed by atoms with Gasteiger partial charge in [0.25, 0.3) is 5.91 Å². The fourth-order valence-corrected chi connectivity index (χ4v) is 2.33. The summed E-state index contributed by atoms with van der Waals surface area (Å²) in [6.45, 7) is 1.97. The molecule has 0 saturated carbocycles. The Morgan fingerprint density at radius 2 is 1.81 bits per heavy atom. The zero-order valence-electron chi connectivity index (χ0n) is 14.5. The molecule has 2 aromatic rings. The van der Waals surface area contributed by atoms with Crippen LogP contribution in [0.3, 0.4) is 0 Å². The van der Waals surface area contributed by atoms with Crippen molar-refractivity contribution < 1.29 is 14.3 Å². The van der Waals surface area contributed by atoms with Gasteiger partial charge < -0.3 is 9.47 Å². The molecule has 1 amide bonds. The van der Waals surface area contributed by atoms with Gasteiger partial charge in [0.1, 0.15) is 6.61 Å². The number of fused-ring (bicyclic) bond motifs is 1. The van der Waals surface area contributed by atoms with Gasteiger partial charge in [-0.1, -0.05) is 60.7 Å². The minimum atomic E-state index is -0.719. The zero-order chi connectivity index (χ0) is 18.2. The van der Waals surface area contributed by atoms with E-state index in [1.807, 2.05) is 66.8 Å². The number of ether oxygens (including phenoxy) is 2. The van der Waals surface area contributed by atoms with Crippen LogP contribution in [0.5, 0.6) is 11.5 Å². The third kappa shape index (κ3) is 4.83. The molecule has 0 radical (unpaired) electrons. The van der Waals surface area contributed by atoms with Gasteiger partial charge in [-0.05, 0) is 30.7 Å². The Kier molecular flexibility index (Phi) is 5.83. The number of hydrogen-bond acceptors (Lipinski definition) is 4. The van der Waals surface area contributed by atoms with E-state index in [1.54, 1.807) is 19.1 Å². The highest BCUT2D eigenvalue weighted by Gasteiger charge is 2.26. The van der Waals surface area contributed by atoms with E-state index in [4.69, 9.17) is 9.47 Å². The third-order valence-electron chi connectivity index (χ3n) is 3.68. The van der Waals surface area contributed by atoms with Gasteiger partial charge in [-0.2, -0.15) is 5.10 Å².